The van der Waals surface area contributed by atoms with Crippen LogP contribution in [-0.2, 0) is 32.2 Å². The van der Waals surface area contributed by atoms with Crippen molar-refractivity contribution in [3.05, 3.63) is 147 Å². The molecular weight excluding hydrogens is 611 g/mol. The number of benzene rings is 4. The minimum absolute atomic E-state index is 0.216. The molecule has 0 saturated carbocycles. The van der Waals surface area contributed by atoms with Crippen molar-refractivity contribution in [2.24, 2.45) is 0 Å². The van der Waals surface area contributed by atoms with Crippen LogP contribution in [0.15, 0.2) is 109 Å². The molecule has 1 aromatic heterocycles. The average Bonchev–Trinajstić information content (AvgIpc) is 3.54. The lowest BCUT2D eigenvalue weighted by molar-refractivity contribution is -0.137. The van der Waals surface area contributed by atoms with Crippen LogP contribution in [0.25, 0.3) is 0 Å². The highest BCUT2D eigenvalue weighted by atomic mass is 32.1. The third-order valence-corrected chi connectivity index (χ3v) is 8.32. The van der Waals surface area contributed by atoms with Crippen molar-refractivity contribution in [3.8, 4) is 11.5 Å². The maximum Gasteiger partial charge on any atom is 0.416 e. The van der Waals surface area contributed by atoms with Gasteiger partial charge in [0.05, 0.1) is 32.4 Å². The first-order chi connectivity index (χ1) is 22.2. The normalized spacial score (nSPS) is 12.1. The summed E-state index contributed by atoms with van der Waals surface area (Å²) < 4.78 is 51.3. The van der Waals surface area contributed by atoms with Crippen molar-refractivity contribution in [3.63, 3.8) is 0 Å². The third kappa shape index (κ3) is 8.74. The molecular formula is C36H34F3N3O3S. The Bertz CT molecular complexity index is 1730. The largest absolute Gasteiger partial charge is 0.497 e. The maximum absolute atomic E-state index is 13.5. The van der Waals surface area contributed by atoms with E-state index in [4.69, 9.17) is 9.47 Å². The molecule has 10 heteroatoms. The van der Waals surface area contributed by atoms with Gasteiger partial charge in [-0.3, -0.25) is 9.69 Å². The van der Waals surface area contributed by atoms with E-state index in [1.165, 1.54) is 17.4 Å². The van der Waals surface area contributed by atoms with Crippen LogP contribution in [-0.4, -0.2) is 30.0 Å². The lowest BCUT2D eigenvalue weighted by atomic mass is 9.99. The number of carbonyl (C=O) groups excluding carboxylic acids is 1. The van der Waals surface area contributed by atoms with E-state index >= 15 is 0 Å². The number of amides is 1. The monoisotopic (exact) mass is 645 g/mol. The van der Waals surface area contributed by atoms with E-state index in [1.807, 2.05) is 77.7 Å². The predicted molar refractivity (Wildman–Crippen MR) is 173 cm³/mol. The second-order valence-electron chi connectivity index (χ2n) is 10.8. The van der Waals surface area contributed by atoms with Gasteiger partial charge in [0, 0.05) is 30.1 Å². The summed E-state index contributed by atoms with van der Waals surface area (Å²) in [5.41, 5.74) is 2.99. The van der Waals surface area contributed by atoms with E-state index in [-0.39, 0.29) is 24.2 Å². The molecule has 46 heavy (non-hydrogen) atoms. The molecule has 1 amide bonds. The Kier molecular flexibility index (Phi) is 10.7. The number of nitrogens with one attached hydrogen (secondary N) is 1. The summed E-state index contributed by atoms with van der Waals surface area (Å²) in [6.45, 7) is 0.876. The summed E-state index contributed by atoms with van der Waals surface area (Å²) in [5.74, 6) is 0.924. The van der Waals surface area contributed by atoms with E-state index in [2.05, 4.69) is 10.3 Å². The lowest BCUT2D eigenvalue weighted by Crippen LogP contribution is -2.30. The molecule has 5 rings (SSSR count). The number of methoxy groups -OCH3 is 2. The number of aromatic nitrogens is 1. The minimum atomic E-state index is -4.45. The van der Waals surface area contributed by atoms with Crippen LogP contribution in [0.3, 0.4) is 0 Å². The Morgan fingerprint density at radius 1 is 0.848 bits per heavy atom. The zero-order chi connectivity index (χ0) is 32.5. The van der Waals surface area contributed by atoms with Crippen LogP contribution in [0.2, 0.25) is 0 Å². The number of carbonyl (C=O) groups is 1. The molecule has 0 fully saturated rings. The Hall–Kier alpha value is -4.67. The number of hydrogen-bond acceptors (Lipinski definition) is 6. The van der Waals surface area contributed by atoms with Gasteiger partial charge in [-0.15, -0.1) is 11.3 Å². The van der Waals surface area contributed by atoms with Gasteiger partial charge < -0.3 is 14.8 Å². The van der Waals surface area contributed by atoms with E-state index < -0.39 is 11.7 Å². The molecule has 1 N–H and O–H groups in total. The fourth-order valence-corrected chi connectivity index (χ4v) is 6.01. The molecule has 0 bridgehead atoms. The van der Waals surface area contributed by atoms with Crippen LogP contribution >= 0.6 is 11.3 Å². The summed E-state index contributed by atoms with van der Waals surface area (Å²) in [6.07, 6.45) is -3.84. The minimum Gasteiger partial charge on any atom is -0.497 e. The standard InChI is InChI=1S/C36H34F3N3O3S/c1-44-30-17-16-28(33(20-30)45-2)22-42(21-26-12-9-15-29(18-26)36(37,38)39)23-34-40-32(24-46-34)35(43)41-31(27-13-7-4-8-14-27)19-25-10-5-3-6-11-25/h3-18,20,24,31H,19,21-23H2,1-2H3,(H,41,43)/t31-/m0/s1. The van der Waals surface area contributed by atoms with E-state index in [9.17, 15) is 18.0 Å². The van der Waals surface area contributed by atoms with Crippen molar-refractivity contribution < 1.29 is 27.4 Å². The Morgan fingerprint density at radius 2 is 1.57 bits per heavy atom. The van der Waals surface area contributed by atoms with Gasteiger partial charge in [0.15, 0.2) is 0 Å². The molecule has 5 aromatic rings. The number of thiazole rings is 1. The van der Waals surface area contributed by atoms with E-state index in [0.29, 0.717) is 41.6 Å². The molecule has 4 aromatic carbocycles. The summed E-state index contributed by atoms with van der Waals surface area (Å²) in [7, 11) is 3.12. The molecule has 1 heterocycles. The second kappa shape index (κ2) is 15.1. The quantitative estimate of drug-likeness (QED) is 0.140. The molecule has 0 aliphatic carbocycles. The first kappa shape index (κ1) is 32.7. The molecule has 0 unspecified atom stereocenters. The number of ether oxygens (including phenoxy) is 2. The van der Waals surface area contributed by atoms with Gasteiger partial charge in [-0.05, 0) is 35.2 Å². The smallest absolute Gasteiger partial charge is 0.416 e. The number of halogens is 3. The molecule has 1 atom stereocenters. The molecule has 0 aliphatic heterocycles. The topological polar surface area (TPSA) is 63.7 Å². The average molecular weight is 646 g/mol. The van der Waals surface area contributed by atoms with Gasteiger partial charge in [-0.1, -0.05) is 84.9 Å². The van der Waals surface area contributed by atoms with Gasteiger partial charge in [-0.2, -0.15) is 13.2 Å². The molecule has 0 aliphatic rings. The van der Waals surface area contributed by atoms with Crippen molar-refractivity contribution >= 4 is 17.2 Å². The van der Waals surface area contributed by atoms with Crippen molar-refractivity contribution in [1.82, 2.24) is 15.2 Å². The third-order valence-electron chi connectivity index (χ3n) is 7.48. The fourth-order valence-electron chi connectivity index (χ4n) is 5.19. The summed E-state index contributed by atoms with van der Waals surface area (Å²) in [6, 6.07) is 30.2. The molecule has 0 radical (unpaired) electrons. The van der Waals surface area contributed by atoms with Crippen molar-refractivity contribution in [2.45, 2.75) is 38.3 Å². The highest BCUT2D eigenvalue weighted by Crippen LogP contribution is 2.31. The van der Waals surface area contributed by atoms with Gasteiger partial charge in [0.25, 0.3) is 5.91 Å². The fraction of sp³-hybridized carbons (Fsp3) is 0.222. The maximum atomic E-state index is 13.5. The number of alkyl halides is 3. The zero-order valence-corrected chi connectivity index (χ0v) is 26.3. The summed E-state index contributed by atoms with van der Waals surface area (Å²) >= 11 is 1.33. The highest BCUT2D eigenvalue weighted by Gasteiger charge is 2.30. The van der Waals surface area contributed by atoms with E-state index in [1.54, 1.807) is 31.7 Å². The van der Waals surface area contributed by atoms with Crippen molar-refractivity contribution in [1.29, 1.82) is 0 Å². The number of nitrogens with zero attached hydrogens (tertiary/aromatic N) is 2. The highest BCUT2D eigenvalue weighted by molar-refractivity contribution is 7.09. The predicted octanol–water partition coefficient (Wildman–Crippen LogP) is 8.10. The van der Waals surface area contributed by atoms with Gasteiger partial charge in [0.1, 0.15) is 22.2 Å². The number of rotatable bonds is 13. The Labute approximate surface area is 270 Å². The van der Waals surface area contributed by atoms with Gasteiger partial charge >= 0.3 is 6.18 Å². The van der Waals surface area contributed by atoms with Gasteiger partial charge in [0.2, 0.25) is 0 Å². The molecule has 0 saturated heterocycles. The van der Waals surface area contributed by atoms with Gasteiger partial charge in [-0.25, -0.2) is 4.98 Å². The summed E-state index contributed by atoms with van der Waals surface area (Å²) in [5, 5.41) is 5.52. The summed E-state index contributed by atoms with van der Waals surface area (Å²) in [4.78, 5) is 20.1. The van der Waals surface area contributed by atoms with Crippen molar-refractivity contribution in [2.75, 3.05) is 14.2 Å². The Morgan fingerprint density at radius 3 is 2.26 bits per heavy atom. The Balaban J connectivity index is 1.36. The van der Waals surface area contributed by atoms with E-state index in [0.717, 1.165) is 28.8 Å². The van der Waals surface area contributed by atoms with Crippen LogP contribution < -0.4 is 14.8 Å². The van der Waals surface area contributed by atoms with Crippen LogP contribution in [0.1, 0.15) is 49.4 Å². The second-order valence-corrected chi connectivity index (χ2v) is 11.7. The van der Waals surface area contributed by atoms with Crippen LogP contribution in [0.5, 0.6) is 11.5 Å². The number of hydrogen-bond donors (Lipinski definition) is 1. The first-order valence-corrected chi connectivity index (χ1v) is 15.5. The molecule has 6 nitrogen and oxygen atoms in total. The van der Waals surface area contributed by atoms with Crippen LogP contribution in [0, 0.1) is 0 Å². The van der Waals surface area contributed by atoms with Crippen LogP contribution in [0.4, 0.5) is 13.2 Å². The zero-order valence-electron chi connectivity index (χ0n) is 25.5. The first-order valence-electron chi connectivity index (χ1n) is 14.7. The lowest BCUT2D eigenvalue weighted by Gasteiger charge is -2.23. The molecule has 238 valence electrons. The molecule has 0 spiro atoms. The SMILES string of the molecule is COc1ccc(CN(Cc2cccc(C(F)(F)F)c2)Cc2nc(C(=O)N[C@@H](Cc3ccccc3)c3ccccc3)cs2)c(OC)c1.